The van der Waals surface area contributed by atoms with Crippen molar-refractivity contribution in [3.05, 3.63) is 230 Å². The minimum absolute atomic E-state index is 0.719. The third-order valence-electron chi connectivity index (χ3n) is 12.8. The minimum atomic E-state index is 0.719. The Morgan fingerprint density at radius 2 is 0.719 bits per heavy atom. The maximum absolute atomic E-state index is 5.04. The smallest absolute Gasteiger partial charge is 0.160 e. The molecule has 0 atom stereocenters. The van der Waals surface area contributed by atoms with Gasteiger partial charge in [0.05, 0.1) is 33.5 Å². The number of fused-ring (bicyclic) bond motifs is 6. The van der Waals surface area contributed by atoms with Gasteiger partial charge in [0.2, 0.25) is 0 Å². The highest BCUT2D eigenvalue weighted by atomic mass is 15.0. The molecule has 0 saturated carbocycles. The van der Waals surface area contributed by atoms with Gasteiger partial charge in [-0.2, -0.15) is 0 Å². The first kappa shape index (κ1) is 37.4. The SMILES string of the molecule is Cc1cc(-c2ccc(-c3cc(-c4ccccc4)nc(-c4ccccc4)n3)cc2)cc(C)c1-c1ccc(-n2c3ccccc3c3cc(-n4c5ccccc5c5ccccc54)ccc32)cc1. The summed E-state index contributed by atoms with van der Waals surface area (Å²) in [6, 6.07) is 78.3. The summed E-state index contributed by atoms with van der Waals surface area (Å²) in [6.07, 6.45) is 0. The maximum atomic E-state index is 5.04. The summed E-state index contributed by atoms with van der Waals surface area (Å²) < 4.78 is 4.81. The molecule has 0 saturated heterocycles. The van der Waals surface area contributed by atoms with Crippen LogP contribution in [-0.4, -0.2) is 19.1 Å². The molecule has 4 heteroatoms. The van der Waals surface area contributed by atoms with Crippen LogP contribution in [0.2, 0.25) is 0 Å². The molecule has 0 unspecified atom stereocenters. The average Bonchev–Trinajstić information content (AvgIpc) is 3.87. The van der Waals surface area contributed by atoms with Gasteiger partial charge >= 0.3 is 0 Å². The molecule has 0 aliphatic rings. The first-order valence-corrected chi connectivity index (χ1v) is 21.9. The van der Waals surface area contributed by atoms with E-state index in [9.17, 15) is 0 Å². The highest BCUT2D eigenvalue weighted by Crippen LogP contribution is 2.39. The third kappa shape index (κ3) is 6.30. The molecular formula is C60H42N4. The van der Waals surface area contributed by atoms with E-state index in [0.717, 1.165) is 45.3 Å². The molecule has 302 valence electrons. The van der Waals surface area contributed by atoms with Crippen molar-refractivity contribution in [2.45, 2.75) is 13.8 Å². The molecule has 4 nitrogen and oxygen atoms in total. The second kappa shape index (κ2) is 15.2. The van der Waals surface area contributed by atoms with Crippen molar-refractivity contribution in [1.29, 1.82) is 0 Å². The third-order valence-corrected chi connectivity index (χ3v) is 12.8. The Labute approximate surface area is 372 Å². The molecule has 0 bridgehead atoms. The number of hydrogen-bond donors (Lipinski definition) is 0. The molecule has 0 spiro atoms. The molecule has 9 aromatic carbocycles. The van der Waals surface area contributed by atoms with E-state index >= 15 is 0 Å². The zero-order valence-corrected chi connectivity index (χ0v) is 35.6. The van der Waals surface area contributed by atoms with Crippen LogP contribution in [0.25, 0.3) is 111 Å². The van der Waals surface area contributed by atoms with Crippen LogP contribution >= 0.6 is 0 Å². The van der Waals surface area contributed by atoms with E-state index in [0.29, 0.717) is 0 Å². The van der Waals surface area contributed by atoms with Gasteiger partial charge in [-0.05, 0) is 102 Å². The Bertz CT molecular complexity index is 3580. The Hall–Kier alpha value is -8.34. The molecular weight excluding hydrogens is 777 g/mol. The van der Waals surface area contributed by atoms with Crippen molar-refractivity contribution >= 4 is 43.6 Å². The van der Waals surface area contributed by atoms with Gasteiger partial charge in [-0.1, -0.05) is 164 Å². The van der Waals surface area contributed by atoms with Gasteiger partial charge < -0.3 is 9.13 Å². The van der Waals surface area contributed by atoms with Crippen molar-refractivity contribution in [2.75, 3.05) is 0 Å². The maximum Gasteiger partial charge on any atom is 0.160 e. The van der Waals surface area contributed by atoms with Crippen LogP contribution in [0.15, 0.2) is 218 Å². The standard InChI is InChI=1S/C60H42N4/c1-39-35-46(41-25-27-43(28-26-41)54-38-53(42-15-5-3-6-16-42)61-60(62-54)45-17-7-4-8-18-45)36-40(2)59(39)44-29-31-47(32-30-44)63-57-24-14-11-21-51(57)52-37-48(33-34-58(52)63)64-55-22-12-9-19-49(55)50-20-10-13-23-56(50)64/h3-38H,1-2H3. The van der Waals surface area contributed by atoms with Crippen LogP contribution in [0.1, 0.15) is 11.1 Å². The summed E-state index contributed by atoms with van der Waals surface area (Å²) in [6.45, 7) is 4.46. The van der Waals surface area contributed by atoms with E-state index in [1.54, 1.807) is 0 Å². The Morgan fingerprint density at radius 1 is 0.297 bits per heavy atom. The molecule has 3 aromatic heterocycles. The highest BCUT2D eigenvalue weighted by molar-refractivity contribution is 6.12. The number of nitrogens with zero attached hydrogens (tertiary/aromatic N) is 4. The fourth-order valence-corrected chi connectivity index (χ4v) is 9.84. The molecule has 12 aromatic rings. The molecule has 0 amide bonds. The highest BCUT2D eigenvalue weighted by Gasteiger charge is 2.18. The lowest BCUT2D eigenvalue weighted by Gasteiger charge is -2.15. The summed E-state index contributed by atoms with van der Waals surface area (Å²) in [4.78, 5) is 10.0. The molecule has 3 heterocycles. The van der Waals surface area contributed by atoms with Crippen LogP contribution in [0, 0.1) is 13.8 Å². The van der Waals surface area contributed by atoms with Crippen molar-refractivity contribution in [1.82, 2.24) is 19.1 Å². The summed E-state index contributed by atoms with van der Waals surface area (Å²) in [7, 11) is 0. The Balaban J connectivity index is 0.865. The van der Waals surface area contributed by atoms with Crippen molar-refractivity contribution in [3.8, 4) is 67.5 Å². The number of hydrogen-bond acceptors (Lipinski definition) is 2. The van der Waals surface area contributed by atoms with Crippen LogP contribution in [-0.2, 0) is 0 Å². The van der Waals surface area contributed by atoms with Crippen LogP contribution < -0.4 is 0 Å². The number of rotatable bonds is 7. The summed E-state index contributed by atoms with van der Waals surface area (Å²) in [5, 5.41) is 5.01. The number of aryl methyl sites for hydroxylation is 2. The Morgan fingerprint density at radius 3 is 1.30 bits per heavy atom. The van der Waals surface area contributed by atoms with E-state index in [2.05, 4.69) is 205 Å². The van der Waals surface area contributed by atoms with Gasteiger partial charge in [-0.3, -0.25) is 0 Å². The molecule has 64 heavy (non-hydrogen) atoms. The van der Waals surface area contributed by atoms with Gasteiger partial charge in [0.1, 0.15) is 0 Å². The fourth-order valence-electron chi connectivity index (χ4n) is 9.84. The normalized spacial score (nSPS) is 11.6. The van der Waals surface area contributed by atoms with Gasteiger partial charge in [0, 0.05) is 49.6 Å². The van der Waals surface area contributed by atoms with E-state index < -0.39 is 0 Å². The summed E-state index contributed by atoms with van der Waals surface area (Å²) in [5.74, 6) is 0.719. The summed E-state index contributed by atoms with van der Waals surface area (Å²) in [5.41, 5.74) is 19.4. The molecule has 0 aliphatic heterocycles. The number of benzene rings is 9. The van der Waals surface area contributed by atoms with Crippen molar-refractivity contribution in [2.24, 2.45) is 0 Å². The molecule has 0 N–H and O–H groups in total. The summed E-state index contributed by atoms with van der Waals surface area (Å²) >= 11 is 0. The predicted octanol–water partition coefficient (Wildman–Crippen LogP) is 15.6. The monoisotopic (exact) mass is 818 g/mol. The van der Waals surface area contributed by atoms with Gasteiger partial charge in [-0.25, -0.2) is 9.97 Å². The molecule has 0 aliphatic carbocycles. The first-order valence-electron chi connectivity index (χ1n) is 21.9. The lowest BCUT2D eigenvalue weighted by atomic mass is 9.91. The molecule has 0 radical (unpaired) electrons. The lowest BCUT2D eigenvalue weighted by molar-refractivity contribution is 1.16. The van der Waals surface area contributed by atoms with Crippen molar-refractivity contribution in [3.63, 3.8) is 0 Å². The quantitative estimate of drug-likeness (QED) is 0.161. The number of aromatic nitrogens is 4. The number of para-hydroxylation sites is 3. The minimum Gasteiger partial charge on any atom is -0.309 e. The molecule has 0 fully saturated rings. The predicted molar refractivity (Wildman–Crippen MR) is 267 cm³/mol. The topological polar surface area (TPSA) is 35.6 Å². The largest absolute Gasteiger partial charge is 0.309 e. The lowest BCUT2D eigenvalue weighted by Crippen LogP contribution is -1.96. The Kier molecular flexibility index (Phi) is 8.91. The van der Waals surface area contributed by atoms with Crippen LogP contribution in [0.4, 0.5) is 0 Å². The second-order valence-corrected chi connectivity index (χ2v) is 16.7. The fraction of sp³-hybridized carbons (Fsp3) is 0.0333. The zero-order chi connectivity index (χ0) is 42.7. The second-order valence-electron chi connectivity index (χ2n) is 16.7. The zero-order valence-electron chi connectivity index (χ0n) is 35.6. The average molecular weight is 819 g/mol. The van der Waals surface area contributed by atoms with Crippen LogP contribution in [0.3, 0.4) is 0 Å². The van der Waals surface area contributed by atoms with Gasteiger partial charge in [-0.15, -0.1) is 0 Å². The van der Waals surface area contributed by atoms with E-state index in [1.807, 2.05) is 36.4 Å². The van der Waals surface area contributed by atoms with E-state index in [4.69, 9.17) is 9.97 Å². The first-order chi connectivity index (χ1) is 31.6. The van der Waals surface area contributed by atoms with Gasteiger partial charge in [0.15, 0.2) is 5.82 Å². The van der Waals surface area contributed by atoms with Crippen molar-refractivity contribution < 1.29 is 0 Å². The molecule has 12 rings (SSSR count). The van der Waals surface area contributed by atoms with E-state index in [-0.39, 0.29) is 0 Å². The van der Waals surface area contributed by atoms with Crippen LogP contribution in [0.5, 0.6) is 0 Å². The van der Waals surface area contributed by atoms with E-state index in [1.165, 1.54) is 77.0 Å². The van der Waals surface area contributed by atoms with Gasteiger partial charge in [0.25, 0.3) is 0 Å².